The number of rotatable bonds is 2. The van der Waals surface area contributed by atoms with Crippen molar-refractivity contribution in [3.8, 4) is 0 Å². The predicted octanol–water partition coefficient (Wildman–Crippen LogP) is 1.07. The van der Waals surface area contributed by atoms with Crippen molar-refractivity contribution in [2.45, 2.75) is 6.42 Å². The third-order valence-corrected chi connectivity index (χ3v) is 1.87. The minimum Gasteiger partial charge on any atom is -0.390 e. The van der Waals surface area contributed by atoms with Gasteiger partial charge in [-0.2, -0.15) is 0 Å². The van der Waals surface area contributed by atoms with Crippen LogP contribution >= 0.6 is 11.3 Å². The third kappa shape index (κ3) is 1.29. The summed E-state index contributed by atoms with van der Waals surface area (Å²) < 4.78 is 0. The summed E-state index contributed by atoms with van der Waals surface area (Å²) >= 11 is 1.46. The highest BCUT2D eigenvalue weighted by Gasteiger charge is 1.96. The molecule has 0 unspecified atom stereocenters. The molecular weight excluding hydrogens is 134 g/mol. The van der Waals surface area contributed by atoms with Gasteiger partial charge in [0.15, 0.2) is 0 Å². The molecule has 0 aromatic carbocycles. The third-order valence-electron chi connectivity index (χ3n) is 1.08. The Kier molecular flexibility index (Phi) is 1.85. The molecule has 2 nitrogen and oxygen atoms in total. The molecule has 0 saturated carbocycles. The van der Waals surface area contributed by atoms with E-state index in [1.54, 1.807) is 0 Å². The molecule has 0 amide bonds. The van der Waals surface area contributed by atoms with E-state index in [-0.39, 0.29) is 0 Å². The van der Waals surface area contributed by atoms with Crippen LogP contribution in [0, 0.1) is 0 Å². The van der Waals surface area contributed by atoms with E-state index in [0.717, 1.165) is 16.9 Å². The van der Waals surface area contributed by atoms with Crippen LogP contribution in [0.3, 0.4) is 0 Å². The lowest BCUT2D eigenvalue weighted by atomic mass is 10.2. The van der Waals surface area contributed by atoms with Gasteiger partial charge in [-0.3, -0.25) is 0 Å². The van der Waals surface area contributed by atoms with Crippen molar-refractivity contribution in [2.75, 3.05) is 5.73 Å². The molecule has 1 rings (SSSR count). The molecule has 3 heteroatoms. The van der Waals surface area contributed by atoms with E-state index in [1.165, 1.54) is 11.3 Å². The number of carbonyl (C=O) groups excluding carboxylic acids is 1. The summed E-state index contributed by atoms with van der Waals surface area (Å²) in [7, 11) is 0. The predicted molar refractivity (Wildman–Crippen MR) is 38.5 cm³/mol. The van der Waals surface area contributed by atoms with Crippen LogP contribution in [0.2, 0.25) is 0 Å². The topological polar surface area (TPSA) is 43.1 Å². The van der Waals surface area contributed by atoms with Gasteiger partial charge in [0, 0.05) is 6.42 Å². The first kappa shape index (κ1) is 6.29. The fraction of sp³-hybridized carbons (Fsp3) is 0.167. The van der Waals surface area contributed by atoms with Gasteiger partial charge in [0.25, 0.3) is 0 Å². The van der Waals surface area contributed by atoms with Crippen LogP contribution in [0.5, 0.6) is 0 Å². The molecule has 0 spiro atoms. The summed E-state index contributed by atoms with van der Waals surface area (Å²) in [6.45, 7) is 0. The monoisotopic (exact) mass is 141 g/mol. The molecule has 0 aliphatic heterocycles. The molecule has 1 heterocycles. The number of anilines is 1. The first-order valence-electron chi connectivity index (χ1n) is 2.60. The number of hydrogen-bond donors (Lipinski definition) is 1. The van der Waals surface area contributed by atoms with E-state index >= 15 is 0 Å². The van der Waals surface area contributed by atoms with Crippen LogP contribution < -0.4 is 5.73 Å². The van der Waals surface area contributed by atoms with Gasteiger partial charge >= 0.3 is 0 Å². The minimum atomic E-state index is 0.440. The first-order valence-corrected chi connectivity index (χ1v) is 3.48. The largest absolute Gasteiger partial charge is 0.390 e. The van der Waals surface area contributed by atoms with E-state index in [2.05, 4.69) is 0 Å². The molecule has 1 aromatic rings. The molecule has 9 heavy (non-hydrogen) atoms. The normalized spacial score (nSPS) is 9.33. The molecule has 1 aromatic heterocycles. The Hall–Kier alpha value is -0.830. The zero-order valence-electron chi connectivity index (χ0n) is 4.83. The molecule has 0 fully saturated rings. The Labute approximate surface area is 57.3 Å². The number of thiophene rings is 1. The zero-order valence-corrected chi connectivity index (χ0v) is 5.65. The Bertz CT molecular complexity index is 207. The second-order valence-corrected chi connectivity index (χ2v) is 2.63. The van der Waals surface area contributed by atoms with Gasteiger partial charge < -0.3 is 10.5 Å². The van der Waals surface area contributed by atoms with Crippen molar-refractivity contribution in [1.29, 1.82) is 0 Å². The van der Waals surface area contributed by atoms with E-state index in [1.807, 2.05) is 11.4 Å². The van der Waals surface area contributed by atoms with Crippen LogP contribution in [0.15, 0.2) is 11.4 Å². The average Bonchev–Trinajstić information content (AvgIpc) is 2.18. The van der Waals surface area contributed by atoms with Crippen LogP contribution in [-0.4, -0.2) is 6.29 Å². The van der Waals surface area contributed by atoms with Gasteiger partial charge in [0.2, 0.25) is 0 Å². The minimum absolute atomic E-state index is 0.440. The number of carbonyl (C=O) groups is 1. The summed E-state index contributed by atoms with van der Waals surface area (Å²) in [5, 5.41) is 2.64. The van der Waals surface area contributed by atoms with Crippen molar-refractivity contribution in [1.82, 2.24) is 0 Å². The van der Waals surface area contributed by atoms with Crippen LogP contribution in [0.4, 0.5) is 5.00 Å². The molecule has 0 saturated heterocycles. The van der Waals surface area contributed by atoms with Gasteiger partial charge in [-0.05, 0) is 17.0 Å². The molecule has 0 radical (unpaired) electrons. The number of aldehydes is 1. The SMILES string of the molecule is Nc1sccc1CC=O. The van der Waals surface area contributed by atoms with Gasteiger partial charge in [-0.25, -0.2) is 0 Å². The molecule has 0 atom stereocenters. The van der Waals surface area contributed by atoms with E-state index in [9.17, 15) is 4.79 Å². The highest BCUT2D eigenvalue weighted by molar-refractivity contribution is 7.14. The van der Waals surface area contributed by atoms with Gasteiger partial charge in [-0.1, -0.05) is 0 Å². The highest BCUT2D eigenvalue weighted by atomic mass is 32.1. The van der Waals surface area contributed by atoms with Gasteiger partial charge in [0.1, 0.15) is 6.29 Å². The molecule has 0 aliphatic carbocycles. The van der Waals surface area contributed by atoms with Crippen molar-refractivity contribution < 1.29 is 4.79 Å². The fourth-order valence-electron chi connectivity index (χ4n) is 0.606. The molecule has 48 valence electrons. The highest BCUT2D eigenvalue weighted by Crippen LogP contribution is 2.18. The van der Waals surface area contributed by atoms with Crippen LogP contribution in [0.1, 0.15) is 5.56 Å². The Morgan fingerprint density at radius 2 is 2.56 bits per heavy atom. The van der Waals surface area contributed by atoms with Crippen molar-refractivity contribution in [3.05, 3.63) is 17.0 Å². The summed E-state index contributed by atoms with van der Waals surface area (Å²) in [5.41, 5.74) is 6.43. The van der Waals surface area contributed by atoms with Gasteiger partial charge in [0.05, 0.1) is 5.00 Å². The van der Waals surface area contributed by atoms with Crippen molar-refractivity contribution >= 4 is 22.6 Å². The second kappa shape index (κ2) is 2.64. The lowest BCUT2D eigenvalue weighted by Crippen LogP contribution is -1.88. The maximum Gasteiger partial charge on any atom is 0.124 e. The van der Waals surface area contributed by atoms with Crippen molar-refractivity contribution in [2.24, 2.45) is 0 Å². The van der Waals surface area contributed by atoms with E-state index < -0.39 is 0 Å². The van der Waals surface area contributed by atoms with E-state index in [0.29, 0.717) is 6.42 Å². The molecule has 2 N–H and O–H groups in total. The second-order valence-electron chi connectivity index (χ2n) is 1.68. The Balaban J connectivity index is 2.80. The lowest BCUT2D eigenvalue weighted by molar-refractivity contribution is -0.107. The first-order chi connectivity index (χ1) is 4.34. The summed E-state index contributed by atoms with van der Waals surface area (Å²) in [4.78, 5) is 9.97. The lowest BCUT2D eigenvalue weighted by Gasteiger charge is -1.87. The molecule has 0 bridgehead atoms. The Morgan fingerprint density at radius 1 is 1.78 bits per heavy atom. The van der Waals surface area contributed by atoms with Gasteiger partial charge in [-0.15, -0.1) is 11.3 Å². The summed E-state index contributed by atoms with van der Waals surface area (Å²) in [6, 6.07) is 1.87. The quantitative estimate of drug-likeness (QED) is 0.626. The van der Waals surface area contributed by atoms with Crippen LogP contribution in [-0.2, 0) is 11.2 Å². The molecule has 0 aliphatic rings. The van der Waals surface area contributed by atoms with E-state index in [4.69, 9.17) is 5.73 Å². The smallest absolute Gasteiger partial charge is 0.124 e. The maximum atomic E-state index is 9.97. The molecular formula is C6H7NOS. The number of nitrogens with two attached hydrogens (primary N) is 1. The number of hydrogen-bond acceptors (Lipinski definition) is 3. The number of nitrogen functional groups attached to an aromatic ring is 1. The fourth-order valence-corrected chi connectivity index (χ4v) is 1.29. The standard InChI is InChI=1S/C6H7NOS/c7-6-5(1-3-8)2-4-9-6/h2-4H,1,7H2. The van der Waals surface area contributed by atoms with Crippen molar-refractivity contribution in [3.63, 3.8) is 0 Å². The maximum absolute atomic E-state index is 9.97. The zero-order chi connectivity index (χ0) is 6.69. The van der Waals surface area contributed by atoms with Crippen LogP contribution in [0.25, 0.3) is 0 Å². The Morgan fingerprint density at radius 3 is 3.00 bits per heavy atom. The average molecular weight is 141 g/mol. The summed E-state index contributed by atoms with van der Waals surface area (Å²) in [5.74, 6) is 0. The summed E-state index contributed by atoms with van der Waals surface area (Å²) in [6.07, 6.45) is 1.30.